The van der Waals surface area contributed by atoms with E-state index in [1.165, 1.54) is 13.1 Å². The Balaban J connectivity index is 2.18. The van der Waals surface area contributed by atoms with Gasteiger partial charge in [-0.15, -0.1) is 0 Å². The number of carbonyl (C=O) groups excluding carboxylic acids is 2. The summed E-state index contributed by atoms with van der Waals surface area (Å²) in [5, 5.41) is 0. The van der Waals surface area contributed by atoms with Crippen molar-refractivity contribution >= 4 is 31.2 Å². The summed E-state index contributed by atoms with van der Waals surface area (Å²) in [6.45, 7) is 0. The summed E-state index contributed by atoms with van der Waals surface area (Å²) in [5.41, 5.74) is 0. The van der Waals surface area contributed by atoms with Crippen molar-refractivity contribution in [3.8, 4) is 0 Å². The van der Waals surface area contributed by atoms with Gasteiger partial charge in [-0.2, -0.15) is 0 Å². The maximum absolute atomic E-state index is 11.6. The molecule has 4 heteroatoms. The fourth-order valence-electron chi connectivity index (χ4n) is 1.22. The van der Waals surface area contributed by atoms with Crippen LogP contribution in [0.1, 0.15) is 0 Å². The number of amides is 2. The topological polar surface area (TPSA) is 37.4 Å². The average Bonchev–Trinajstić information content (AvgIpc) is 2.48. The Kier molecular flexibility index (Phi) is 2.71. The van der Waals surface area contributed by atoms with Crippen LogP contribution in [0.15, 0.2) is 40.9 Å². The molecule has 0 atom stereocenters. The van der Waals surface area contributed by atoms with E-state index >= 15 is 0 Å². The first-order valence-corrected chi connectivity index (χ1v) is 6.16. The molecular weight excluding hydrogens is 257 g/mol. The monoisotopic (exact) mass is 267 g/mol. The number of rotatable bonds is 2. The number of carbonyl (C=O) groups is 2. The van der Waals surface area contributed by atoms with Gasteiger partial charge in [0, 0.05) is 0 Å². The third-order valence-corrected chi connectivity index (χ3v) is 4.21. The standard InChI is InChI=1S/C11H9NO2Se/c1-12-10(13)7-9(11(12)14)15-8-5-3-2-4-6-8/h2-7H,1H3. The molecule has 1 aliphatic heterocycles. The van der Waals surface area contributed by atoms with Crippen LogP contribution in [-0.4, -0.2) is 38.7 Å². The van der Waals surface area contributed by atoms with Gasteiger partial charge in [0.05, 0.1) is 0 Å². The molecule has 0 fully saturated rings. The normalized spacial score (nSPS) is 15.8. The number of nitrogens with zero attached hydrogens (tertiary/aromatic N) is 1. The van der Waals surface area contributed by atoms with Crippen LogP contribution in [-0.2, 0) is 9.59 Å². The van der Waals surface area contributed by atoms with E-state index in [4.69, 9.17) is 0 Å². The van der Waals surface area contributed by atoms with Gasteiger partial charge >= 0.3 is 93.6 Å². The molecule has 15 heavy (non-hydrogen) atoms. The first kappa shape index (κ1) is 10.1. The van der Waals surface area contributed by atoms with Crippen molar-refractivity contribution in [2.75, 3.05) is 7.05 Å². The van der Waals surface area contributed by atoms with Gasteiger partial charge in [-0.1, -0.05) is 0 Å². The molecule has 1 aromatic rings. The van der Waals surface area contributed by atoms with Gasteiger partial charge < -0.3 is 0 Å². The summed E-state index contributed by atoms with van der Waals surface area (Å²) in [4.78, 5) is 23.9. The third-order valence-electron chi connectivity index (χ3n) is 2.07. The zero-order valence-corrected chi connectivity index (χ0v) is 9.85. The zero-order valence-electron chi connectivity index (χ0n) is 8.14. The summed E-state index contributed by atoms with van der Waals surface area (Å²) in [7, 11) is 1.51. The van der Waals surface area contributed by atoms with E-state index in [-0.39, 0.29) is 26.8 Å². The van der Waals surface area contributed by atoms with Crippen LogP contribution in [0.3, 0.4) is 0 Å². The van der Waals surface area contributed by atoms with Gasteiger partial charge in [-0.25, -0.2) is 0 Å². The van der Waals surface area contributed by atoms with Crippen molar-refractivity contribution < 1.29 is 9.59 Å². The summed E-state index contributed by atoms with van der Waals surface area (Å²) in [5.74, 6) is -0.378. The first-order chi connectivity index (χ1) is 7.18. The van der Waals surface area contributed by atoms with Gasteiger partial charge in [-0.3, -0.25) is 0 Å². The Morgan fingerprint density at radius 3 is 2.33 bits per heavy atom. The summed E-state index contributed by atoms with van der Waals surface area (Å²) in [6, 6.07) is 9.74. The van der Waals surface area contributed by atoms with Gasteiger partial charge in [-0.05, 0) is 0 Å². The summed E-state index contributed by atoms with van der Waals surface area (Å²) in [6.07, 6.45) is 1.44. The van der Waals surface area contributed by atoms with Crippen LogP contribution < -0.4 is 4.46 Å². The van der Waals surface area contributed by atoms with Crippen molar-refractivity contribution in [1.82, 2.24) is 4.90 Å². The fourth-order valence-corrected chi connectivity index (χ4v) is 3.18. The van der Waals surface area contributed by atoms with Crippen LogP contribution in [0.2, 0.25) is 0 Å². The Bertz CT molecular complexity index is 439. The second-order valence-corrected chi connectivity index (χ2v) is 5.47. The van der Waals surface area contributed by atoms with Crippen LogP contribution in [0.25, 0.3) is 0 Å². The number of benzene rings is 1. The molecule has 0 aromatic heterocycles. The van der Waals surface area contributed by atoms with Gasteiger partial charge in [0.25, 0.3) is 0 Å². The average molecular weight is 266 g/mol. The first-order valence-electron chi connectivity index (χ1n) is 4.45. The molecule has 0 saturated heterocycles. The number of hydrogen-bond acceptors (Lipinski definition) is 2. The van der Waals surface area contributed by atoms with E-state index in [9.17, 15) is 9.59 Å². The third kappa shape index (κ3) is 2.01. The van der Waals surface area contributed by atoms with Crippen molar-refractivity contribution in [1.29, 1.82) is 0 Å². The fraction of sp³-hybridized carbons (Fsp3) is 0.0909. The Morgan fingerprint density at radius 2 is 1.80 bits per heavy atom. The molecule has 1 aliphatic rings. The van der Waals surface area contributed by atoms with Gasteiger partial charge in [0.1, 0.15) is 0 Å². The van der Waals surface area contributed by atoms with Crippen LogP contribution in [0.4, 0.5) is 0 Å². The number of hydrogen-bond donors (Lipinski definition) is 0. The molecule has 2 amide bonds. The molecule has 2 rings (SSSR count). The van der Waals surface area contributed by atoms with Crippen molar-refractivity contribution in [3.63, 3.8) is 0 Å². The van der Waals surface area contributed by atoms with Crippen molar-refractivity contribution in [2.24, 2.45) is 0 Å². The molecule has 0 unspecified atom stereocenters. The van der Waals surface area contributed by atoms with Crippen LogP contribution >= 0.6 is 0 Å². The molecule has 0 N–H and O–H groups in total. The van der Waals surface area contributed by atoms with E-state index in [0.717, 1.165) is 9.36 Å². The van der Waals surface area contributed by atoms with E-state index in [0.29, 0.717) is 4.47 Å². The number of likely N-dealkylation sites (N-methyl/N-ethyl adjacent to an activating group) is 1. The Hall–Kier alpha value is -1.38. The molecule has 1 aromatic carbocycles. The minimum absolute atomic E-state index is 0.0707. The second-order valence-electron chi connectivity index (χ2n) is 3.13. The van der Waals surface area contributed by atoms with Crippen LogP contribution in [0.5, 0.6) is 0 Å². The second kappa shape index (κ2) is 4.01. The molecule has 1 heterocycles. The van der Waals surface area contributed by atoms with Gasteiger partial charge in [0.15, 0.2) is 0 Å². The predicted octanol–water partition coefficient (Wildman–Crippen LogP) is -0.101. The molecular formula is C11H9NO2Se. The summed E-state index contributed by atoms with van der Waals surface area (Å²) < 4.78 is 1.73. The van der Waals surface area contributed by atoms with Crippen molar-refractivity contribution in [3.05, 3.63) is 40.9 Å². The number of imide groups is 1. The van der Waals surface area contributed by atoms with E-state index in [1.54, 1.807) is 0 Å². The van der Waals surface area contributed by atoms with Crippen LogP contribution in [0, 0.1) is 0 Å². The molecule has 0 spiro atoms. The predicted molar refractivity (Wildman–Crippen MR) is 57.7 cm³/mol. The van der Waals surface area contributed by atoms with Gasteiger partial charge in [0.2, 0.25) is 0 Å². The Morgan fingerprint density at radius 1 is 1.13 bits per heavy atom. The molecule has 3 nitrogen and oxygen atoms in total. The quantitative estimate of drug-likeness (QED) is 0.553. The zero-order chi connectivity index (χ0) is 10.8. The molecule has 0 bridgehead atoms. The Labute approximate surface area is 93.9 Å². The molecule has 0 radical (unpaired) electrons. The maximum atomic E-state index is 11.6. The molecule has 0 aliphatic carbocycles. The SMILES string of the molecule is CN1C(=O)C=C([Se]c2ccccc2)C1=O. The van der Waals surface area contributed by atoms with E-state index in [2.05, 4.69) is 0 Å². The van der Waals surface area contributed by atoms with E-state index < -0.39 is 0 Å². The van der Waals surface area contributed by atoms with E-state index in [1.807, 2.05) is 30.3 Å². The molecule has 0 saturated carbocycles. The molecule has 76 valence electrons. The van der Waals surface area contributed by atoms with Crippen molar-refractivity contribution in [2.45, 2.75) is 0 Å². The minimum atomic E-state index is -0.215. The summed E-state index contributed by atoms with van der Waals surface area (Å²) >= 11 is -0.0707.